The zero-order valence-corrected chi connectivity index (χ0v) is 13.3. The van der Waals surface area contributed by atoms with E-state index in [2.05, 4.69) is 25.8 Å². The van der Waals surface area contributed by atoms with Crippen molar-refractivity contribution in [3.8, 4) is 0 Å². The predicted molar refractivity (Wildman–Crippen MR) is 78.3 cm³/mol. The molecule has 0 aromatic carbocycles. The van der Waals surface area contributed by atoms with Crippen LogP contribution in [0.1, 0.15) is 73.9 Å². The molecule has 0 aliphatic heterocycles. The molecular formula is C16H23NO4. The molecule has 1 atom stereocenters. The fourth-order valence-corrected chi connectivity index (χ4v) is 3.10. The molecule has 1 aliphatic rings. The van der Waals surface area contributed by atoms with Crippen LogP contribution < -0.4 is 0 Å². The Morgan fingerprint density at radius 3 is 2.48 bits per heavy atom. The molecule has 1 aliphatic carbocycles. The minimum absolute atomic E-state index is 0.189. The zero-order chi connectivity index (χ0) is 15.8. The SMILES string of the molecule is COC(=O)c1[nH]c2c(c1C(C)(C)C)CCCC2OC(C)=O. The van der Waals surface area contributed by atoms with Crippen LogP contribution in [0.25, 0.3) is 0 Å². The Hall–Kier alpha value is -1.78. The number of rotatable bonds is 2. The largest absolute Gasteiger partial charge is 0.464 e. The van der Waals surface area contributed by atoms with Gasteiger partial charge >= 0.3 is 11.9 Å². The van der Waals surface area contributed by atoms with Gasteiger partial charge in [-0.25, -0.2) is 4.79 Å². The monoisotopic (exact) mass is 293 g/mol. The number of carbonyl (C=O) groups is 2. The molecule has 0 amide bonds. The Morgan fingerprint density at radius 2 is 1.95 bits per heavy atom. The number of nitrogens with one attached hydrogen (secondary N) is 1. The lowest BCUT2D eigenvalue weighted by atomic mass is 9.80. The van der Waals surface area contributed by atoms with Gasteiger partial charge in [-0.2, -0.15) is 0 Å². The highest BCUT2D eigenvalue weighted by molar-refractivity contribution is 5.90. The summed E-state index contributed by atoms with van der Waals surface area (Å²) in [7, 11) is 1.37. The molecule has 5 nitrogen and oxygen atoms in total. The van der Waals surface area contributed by atoms with Gasteiger partial charge in [-0.15, -0.1) is 0 Å². The third kappa shape index (κ3) is 2.96. The van der Waals surface area contributed by atoms with Crippen molar-refractivity contribution in [3.63, 3.8) is 0 Å². The number of hydrogen-bond donors (Lipinski definition) is 1. The first-order valence-electron chi connectivity index (χ1n) is 7.26. The molecule has 2 rings (SSSR count). The Bertz CT molecular complexity index is 566. The molecule has 0 bridgehead atoms. The van der Waals surface area contributed by atoms with Crippen LogP contribution in [0.5, 0.6) is 0 Å². The van der Waals surface area contributed by atoms with Gasteiger partial charge in [-0.05, 0) is 35.8 Å². The second-order valence-electron chi connectivity index (χ2n) is 6.50. The first-order chi connectivity index (χ1) is 9.75. The normalized spacial score (nSPS) is 18.0. The summed E-state index contributed by atoms with van der Waals surface area (Å²) in [5.41, 5.74) is 3.21. The van der Waals surface area contributed by atoms with Crippen LogP contribution in [0.15, 0.2) is 0 Å². The van der Waals surface area contributed by atoms with Gasteiger partial charge < -0.3 is 14.5 Å². The van der Waals surface area contributed by atoms with E-state index in [4.69, 9.17) is 9.47 Å². The van der Waals surface area contributed by atoms with Crippen molar-refractivity contribution in [2.75, 3.05) is 7.11 Å². The minimum Gasteiger partial charge on any atom is -0.464 e. The van der Waals surface area contributed by atoms with Crippen molar-refractivity contribution in [1.29, 1.82) is 0 Å². The highest BCUT2D eigenvalue weighted by atomic mass is 16.5. The summed E-state index contributed by atoms with van der Waals surface area (Å²) >= 11 is 0. The Labute approximate surface area is 125 Å². The molecular weight excluding hydrogens is 270 g/mol. The summed E-state index contributed by atoms with van der Waals surface area (Å²) < 4.78 is 10.3. The highest BCUT2D eigenvalue weighted by Crippen LogP contribution is 2.40. The maximum atomic E-state index is 12.1. The second-order valence-corrected chi connectivity index (χ2v) is 6.50. The average Bonchev–Trinajstić information content (AvgIpc) is 2.77. The molecule has 1 N–H and O–H groups in total. The lowest BCUT2D eigenvalue weighted by Crippen LogP contribution is -2.20. The van der Waals surface area contributed by atoms with Gasteiger partial charge in [-0.3, -0.25) is 4.79 Å². The second kappa shape index (κ2) is 5.54. The lowest BCUT2D eigenvalue weighted by Gasteiger charge is -2.26. The number of esters is 2. The summed E-state index contributed by atoms with van der Waals surface area (Å²) in [5.74, 6) is -0.685. The summed E-state index contributed by atoms with van der Waals surface area (Å²) in [4.78, 5) is 26.5. The van der Waals surface area contributed by atoms with E-state index < -0.39 is 0 Å². The summed E-state index contributed by atoms with van der Waals surface area (Å²) in [6, 6.07) is 0. The van der Waals surface area contributed by atoms with Gasteiger partial charge in [-0.1, -0.05) is 20.8 Å². The Morgan fingerprint density at radius 1 is 1.29 bits per heavy atom. The number of H-pyrrole nitrogens is 1. The van der Waals surface area contributed by atoms with Crippen LogP contribution in [-0.2, 0) is 26.1 Å². The van der Waals surface area contributed by atoms with Crippen LogP contribution in [0.3, 0.4) is 0 Å². The van der Waals surface area contributed by atoms with Crippen molar-refractivity contribution in [2.24, 2.45) is 0 Å². The predicted octanol–water partition coefficient (Wildman–Crippen LogP) is 3.04. The van der Waals surface area contributed by atoms with Gasteiger partial charge in [0.15, 0.2) is 0 Å². The van der Waals surface area contributed by atoms with Crippen LogP contribution in [-0.4, -0.2) is 24.0 Å². The van der Waals surface area contributed by atoms with Crippen molar-refractivity contribution in [2.45, 2.75) is 58.5 Å². The van der Waals surface area contributed by atoms with E-state index in [9.17, 15) is 9.59 Å². The quantitative estimate of drug-likeness (QED) is 0.851. The molecule has 5 heteroatoms. The number of aromatic nitrogens is 1. The number of fused-ring (bicyclic) bond motifs is 1. The molecule has 21 heavy (non-hydrogen) atoms. The molecule has 0 spiro atoms. The van der Waals surface area contributed by atoms with Crippen molar-refractivity contribution in [3.05, 3.63) is 22.5 Å². The zero-order valence-electron chi connectivity index (χ0n) is 13.3. The van der Waals surface area contributed by atoms with Crippen LogP contribution in [0, 0.1) is 0 Å². The molecule has 0 fully saturated rings. The van der Waals surface area contributed by atoms with Gasteiger partial charge in [0.1, 0.15) is 11.8 Å². The third-order valence-electron chi connectivity index (χ3n) is 3.80. The molecule has 0 saturated carbocycles. The van der Waals surface area contributed by atoms with E-state index in [1.807, 2.05) is 0 Å². The summed E-state index contributed by atoms with van der Waals surface area (Å²) in [6.07, 6.45) is 2.29. The molecule has 116 valence electrons. The standard InChI is InChI=1S/C16H23NO4/c1-9(18)21-11-8-6-7-10-12(16(2,3)4)14(15(19)20-5)17-13(10)11/h11,17H,6-8H2,1-5H3. The highest BCUT2D eigenvalue weighted by Gasteiger charge is 2.35. The van der Waals surface area contributed by atoms with Crippen molar-refractivity contribution >= 4 is 11.9 Å². The molecule has 1 heterocycles. The van der Waals surface area contributed by atoms with Gasteiger partial charge in [0.25, 0.3) is 0 Å². The maximum Gasteiger partial charge on any atom is 0.354 e. The molecule has 1 aromatic heterocycles. The third-order valence-corrected chi connectivity index (χ3v) is 3.80. The van der Waals surface area contributed by atoms with Gasteiger partial charge in [0.2, 0.25) is 0 Å². The van der Waals surface area contributed by atoms with E-state index in [0.29, 0.717) is 5.69 Å². The smallest absolute Gasteiger partial charge is 0.354 e. The average molecular weight is 293 g/mol. The fourth-order valence-electron chi connectivity index (χ4n) is 3.10. The lowest BCUT2D eigenvalue weighted by molar-refractivity contribution is -0.147. The summed E-state index contributed by atoms with van der Waals surface area (Å²) in [6.45, 7) is 7.61. The number of aromatic amines is 1. The fraction of sp³-hybridized carbons (Fsp3) is 0.625. The number of ether oxygens (including phenoxy) is 2. The van der Waals surface area contributed by atoms with E-state index in [-0.39, 0.29) is 23.5 Å². The summed E-state index contributed by atoms with van der Waals surface area (Å²) in [5, 5.41) is 0. The van der Waals surface area contributed by atoms with E-state index >= 15 is 0 Å². The van der Waals surface area contributed by atoms with Crippen molar-refractivity contribution < 1.29 is 19.1 Å². The topological polar surface area (TPSA) is 68.4 Å². The van der Waals surface area contributed by atoms with Gasteiger partial charge in [0.05, 0.1) is 12.8 Å². The number of methoxy groups -OCH3 is 1. The first kappa shape index (κ1) is 15.6. The van der Waals surface area contributed by atoms with Crippen LogP contribution >= 0.6 is 0 Å². The van der Waals surface area contributed by atoms with E-state index in [1.54, 1.807) is 0 Å². The molecule has 0 radical (unpaired) electrons. The van der Waals surface area contributed by atoms with Crippen LogP contribution in [0.2, 0.25) is 0 Å². The van der Waals surface area contributed by atoms with Crippen molar-refractivity contribution in [1.82, 2.24) is 4.98 Å². The van der Waals surface area contributed by atoms with Crippen LogP contribution in [0.4, 0.5) is 0 Å². The Balaban J connectivity index is 2.57. The van der Waals surface area contributed by atoms with E-state index in [1.165, 1.54) is 14.0 Å². The molecule has 1 unspecified atom stereocenters. The minimum atomic E-state index is -0.379. The molecule has 0 saturated heterocycles. The Kier molecular flexibility index (Phi) is 4.12. The first-order valence-corrected chi connectivity index (χ1v) is 7.26. The maximum absolute atomic E-state index is 12.1. The van der Waals surface area contributed by atoms with Gasteiger partial charge in [0, 0.05) is 6.92 Å². The number of carbonyl (C=O) groups excluding carboxylic acids is 2. The molecule has 1 aromatic rings. The van der Waals surface area contributed by atoms with E-state index in [0.717, 1.165) is 36.1 Å². The number of hydrogen-bond acceptors (Lipinski definition) is 4.